The second-order valence-electron chi connectivity index (χ2n) is 7.50. The smallest absolute Gasteiger partial charge is 0.159 e. The highest BCUT2D eigenvalue weighted by molar-refractivity contribution is 5.96. The fourth-order valence-electron chi connectivity index (χ4n) is 3.90. The van der Waals surface area contributed by atoms with Crippen LogP contribution in [0.3, 0.4) is 0 Å². The number of imidazole rings is 1. The van der Waals surface area contributed by atoms with E-state index in [9.17, 15) is 4.39 Å². The second kappa shape index (κ2) is 7.05. The molecule has 0 spiro atoms. The number of hydrogen-bond donors (Lipinski definition) is 2. The highest BCUT2D eigenvalue weighted by Gasteiger charge is 2.18. The van der Waals surface area contributed by atoms with Gasteiger partial charge in [-0.1, -0.05) is 12.1 Å². The van der Waals surface area contributed by atoms with E-state index >= 15 is 0 Å². The maximum absolute atomic E-state index is 14.4. The van der Waals surface area contributed by atoms with Gasteiger partial charge in [-0.15, -0.1) is 0 Å². The predicted octanol–water partition coefficient (Wildman–Crippen LogP) is 5.07. The summed E-state index contributed by atoms with van der Waals surface area (Å²) in [4.78, 5) is 21.2. The number of aromatic nitrogens is 7. The van der Waals surface area contributed by atoms with Crippen LogP contribution in [0.4, 0.5) is 4.39 Å². The van der Waals surface area contributed by atoms with Crippen molar-refractivity contribution in [2.24, 2.45) is 0 Å². The quantitative estimate of drug-likeness (QED) is 0.416. The molecule has 0 aliphatic carbocycles. The number of fused-ring (bicyclic) bond motifs is 2. The van der Waals surface area contributed by atoms with Crippen molar-refractivity contribution in [3.05, 3.63) is 78.6 Å². The minimum absolute atomic E-state index is 0.344. The molecule has 0 saturated heterocycles. The van der Waals surface area contributed by atoms with Gasteiger partial charge in [-0.2, -0.15) is 5.10 Å². The molecule has 1 aromatic carbocycles. The van der Waals surface area contributed by atoms with Crippen molar-refractivity contribution in [1.29, 1.82) is 0 Å². The van der Waals surface area contributed by atoms with Crippen LogP contribution in [0, 0.1) is 12.7 Å². The molecule has 0 bridgehead atoms. The molecule has 154 valence electrons. The van der Waals surface area contributed by atoms with Gasteiger partial charge < -0.3 is 4.98 Å². The van der Waals surface area contributed by atoms with Gasteiger partial charge in [0.25, 0.3) is 0 Å². The number of halogens is 1. The van der Waals surface area contributed by atoms with Crippen LogP contribution in [0.1, 0.15) is 5.56 Å². The molecule has 0 unspecified atom stereocenters. The molecule has 7 nitrogen and oxygen atoms in total. The maximum Gasteiger partial charge on any atom is 0.159 e. The molecule has 6 rings (SSSR count). The van der Waals surface area contributed by atoms with E-state index < -0.39 is 0 Å². The molecular formula is C24H16FN7. The molecule has 2 N–H and O–H groups in total. The van der Waals surface area contributed by atoms with Crippen LogP contribution in [0.15, 0.2) is 67.3 Å². The highest BCUT2D eigenvalue weighted by atomic mass is 19.1. The minimum Gasteiger partial charge on any atom is -0.336 e. The van der Waals surface area contributed by atoms with Gasteiger partial charge in [0.2, 0.25) is 0 Å². The van der Waals surface area contributed by atoms with Gasteiger partial charge in [0.1, 0.15) is 22.7 Å². The lowest BCUT2D eigenvalue weighted by molar-refractivity contribution is 0.631. The normalized spacial score (nSPS) is 11.4. The number of nitrogens with one attached hydrogen (secondary N) is 2. The van der Waals surface area contributed by atoms with Crippen molar-refractivity contribution < 1.29 is 4.39 Å². The number of aryl methyl sites for hydroxylation is 1. The average Bonchev–Trinajstić information content (AvgIpc) is 3.43. The van der Waals surface area contributed by atoms with Gasteiger partial charge >= 0.3 is 0 Å². The van der Waals surface area contributed by atoms with Gasteiger partial charge in [0.05, 0.1) is 10.9 Å². The van der Waals surface area contributed by atoms with Gasteiger partial charge in [-0.25, -0.2) is 14.4 Å². The lowest BCUT2D eigenvalue weighted by Crippen LogP contribution is -1.89. The van der Waals surface area contributed by atoms with Crippen LogP contribution in [0.25, 0.3) is 56.0 Å². The van der Waals surface area contributed by atoms with E-state index in [-0.39, 0.29) is 5.82 Å². The lowest BCUT2D eigenvalue weighted by atomic mass is 10.0. The Hall–Kier alpha value is -4.46. The molecule has 5 heterocycles. The Morgan fingerprint density at radius 3 is 2.69 bits per heavy atom. The van der Waals surface area contributed by atoms with Crippen molar-refractivity contribution in [2.45, 2.75) is 6.92 Å². The summed E-state index contributed by atoms with van der Waals surface area (Å²) in [5, 5.41) is 8.24. The Morgan fingerprint density at radius 1 is 0.906 bits per heavy atom. The molecule has 0 atom stereocenters. The van der Waals surface area contributed by atoms with Crippen LogP contribution < -0.4 is 0 Å². The van der Waals surface area contributed by atoms with Crippen molar-refractivity contribution in [2.75, 3.05) is 0 Å². The van der Waals surface area contributed by atoms with E-state index in [4.69, 9.17) is 4.98 Å². The minimum atomic E-state index is -0.344. The van der Waals surface area contributed by atoms with E-state index in [1.54, 1.807) is 36.8 Å². The predicted molar refractivity (Wildman–Crippen MR) is 120 cm³/mol. The van der Waals surface area contributed by atoms with Gasteiger partial charge in [-0.05, 0) is 42.8 Å². The van der Waals surface area contributed by atoms with Crippen LogP contribution in [-0.2, 0) is 0 Å². The third kappa shape index (κ3) is 2.84. The Balaban J connectivity index is 1.53. The molecule has 0 saturated carbocycles. The summed E-state index contributed by atoms with van der Waals surface area (Å²) in [7, 11) is 0. The number of pyridine rings is 3. The zero-order valence-corrected chi connectivity index (χ0v) is 17.0. The molecule has 0 aliphatic rings. The fourth-order valence-corrected chi connectivity index (χ4v) is 3.90. The number of rotatable bonds is 3. The molecule has 0 amide bonds. The van der Waals surface area contributed by atoms with E-state index in [2.05, 4.69) is 30.1 Å². The zero-order chi connectivity index (χ0) is 21.7. The van der Waals surface area contributed by atoms with Crippen molar-refractivity contribution in [3.8, 4) is 33.9 Å². The van der Waals surface area contributed by atoms with E-state index in [1.807, 2.05) is 31.3 Å². The summed E-state index contributed by atoms with van der Waals surface area (Å²) in [6.45, 7) is 2.04. The Bertz CT molecular complexity index is 1620. The summed E-state index contributed by atoms with van der Waals surface area (Å²) >= 11 is 0. The number of benzene rings is 1. The fraction of sp³-hybridized carbons (Fsp3) is 0.0417. The summed E-state index contributed by atoms with van der Waals surface area (Å²) in [5.41, 5.74) is 6.54. The van der Waals surface area contributed by atoms with Gasteiger partial charge in [-0.3, -0.25) is 15.1 Å². The average molecular weight is 421 g/mol. The monoisotopic (exact) mass is 421 g/mol. The Labute approximate surface area is 181 Å². The highest BCUT2D eigenvalue weighted by Crippen LogP contribution is 2.32. The molecule has 6 aromatic rings. The van der Waals surface area contributed by atoms with Crippen LogP contribution in [-0.4, -0.2) is 35.1 Å². The van der Waals surface area contributed by atoms with Gasteiger partial charge in [0.15, 0.2) is 11.5 Å². The van der Waals surface area contributed by atoms with Gasteiger partial charge in [0, 0.05) is 41.5 Å². The molecule has 32 heavy (non-hydrogen) atoms. The molecular weight excluding hydrogens is 405 g/mol. The van der Waals surface area contributed by atoms with E-state index in [0.29, 0.717) is 33.9 Å². The number of hydrogen-bond acceptors (Lipinski definition) is 5. The zero-order valence-electron chi connectivity index (χ0n) is 17.0. The summed E-state index contributed by atoms with van der Waals surface area (Å²) < 4.78 is 14.4. The first kappa shape index (κ1) is 18.3. The first-order valence-electron chi connectivity index (χ1n) is 10.0. The Kier molecular flexibility index (Phi) is 4.04. The topological polar surface area (TPSA) is 96.0 Å². The number of H-pyrrole nitrogens is 2. The maximum atomic E-state index is 14.4. The second-order valence-corrected chi connectivity index (χ2v) is 7.50. The first-order valence-corrected chi connectivity index (χ1v) is 10.0. The standard InChI is InChI=1S/C24H16FN7/c1-13-6-8-26-12-17(13)14-10-16-21(31-32-23(16)28-11-14)24-29-19-7-9-27-20(22(19)30-24)15-4-2-3-5-18(15)25/h2-12H,1H3,(H,29,30)(H,28,31,32). The third-order valence-corrected chi connectivity index (χ3v) is 5.52. The largest absolute Gasteiger partial charge is 0.336 e. The van der Waals surface area contributed by atoms with Crippen molar-refractivity contribution in [1.82, 2.24) is 35.1 Å². The third-order valence-electron chi connectivity index (χ3n) is 5.52. The Morgan fingerprint density at radius 2 is 1.81 bits per heavy atom. The van der Waals surface area contributed by atoms with Crippen molar-refractivity contribution >= 4 is 22.1 Å². The van der Waals surface area contributed by atoms with E-state index in [0.717, 1.165) is 27.6 Å². The SMILES string of the molecule is Cc1ccncc1-c1cnc2[nH]nc(-c3nc4c(-c5ccccc5F)nccc4[nH]3)c2c1. The summed E-state index contributed by atoms with van der Waals surface area (Å²) in [6.07, 6.45) is 7.03. The summed E-state index contributed by atoms with van der Waals surface area (Å²) in [5.74, 6) is 0.210. The van der Waals surface area contributed by atoms with Crippen LogP contribution in [0.5, 0.6) is 0 Å². The molecule has 8 heteroatoms. The molecule has 0 aliphatic heterocycles. The molecule has 0 fully saturated rings. The number of aromatic amines is 2. The first-order chi connectivity index (χ1) is 15.7. The molecule has 0 radical (unpaired) electrons. The van der Waals surface area contributed by atoms with Crippen molar-refractivity contribution in [3.63, 3.8) is 0 Å². The van der Waals surface area contributed by atoms with Crippen LogP contribution >= 0.6 is 0 Å². The van der Waals surface area contributed by atoms with E-state index in [1.165, 1.54) is 6.07 Å². The summed E-state index contributed by atoms with van der Waals surface area (Å²) in [6, 6.07) is 12.3. The number of nitrogens with zero attached hydrogens (tertiary/aromatic N) is 5. The van der Waals surface area contributed by atoms with Crippen LogP contribution in [0.2, 0.25) is 0 Å². The lowest BCUT2D eigenvalue weighted by Gasteiger charge is -2.04. The molecule has 5 aromatic heterocycles.